The Labute approximate surface area is 86.4 Å². The number of rotatable bonds is 1. The molecule has 0 aromatic carbocycles. The van der Waals surface area contributed by atoms with Crippen molar-refractivity contribution < 1.29 is 0 Å². The lowest BCUT2D eigenvalue weighted by molar-refractivity contribution is 1.09. The van der Waals surface area contributed by atoms with Crippen LogP contribution in [0.15, 0.2) is 12.7 Å². The summed E-state index contributed by atoms with van der Waals surface area (Å²) in [5, 5.41) is 0. The molecule has 0 aromatic heterocycles. The molecule has 0 aromatic rings. The summed E-state index contributed by atoms with van der Waals surface area (Å²) in [5.41, 5.74) is 0. The zero-order valence-corrected chi connectivity index (χ0v) is 10.7. The lowest BCUT2D eigenvalue weighted by Gasteiger charge is -1.63. The Morgan fingerprint density at radius 1 is 1.00 bits per heavy atom. The van der Waals surface area contributed by atoms with E-state index in [0.717, 1.165) is 5.92 Å². The average molecular weight is 186 g/mol. The first-order valence-corrected chi connectivity index (χ1v) is 5.89. The van der Waals surface area contributed by atoms with Crippen LogP contribution in [-0.2, 0) is 0 Å². The van der Waals surface area contributed by atoms with Gasteiger partial charge in [0.05, 0.1) is 0 Å². The van der Waals surface area contributed by atoms with Crippen LogP contribution in [0.3, 0.4) is 0 Å². The molecule has 1 rings (SSSR count). The molecule has 0 unspecified atom stereocenters. The molecule has 0 spiro atoms. The Bertz CT molecular complexity index is 58.4. The quantitative estimate of drug-likeness (QED) is 0.478. The molecule has 0 aliphatic heterocycles. The lowest BCUT2D eigenvalue weighted by atomic mass is 10.4. The van der Waals surface area contributed by atoms with Crippen LogP contribution in [0, 0.1) is 5.92 Å². The molecule has 1 aliphatic rings. The molecule has 0 nitrogen and oxygen atoms in total. The van der Waals surface area contributed by atoms with Crippen molar-refractivity contribution in [2.24, 2.45) is 5.92 Å². The van der Waals surface area contributed by atoms with Crippen LogP contribution in [0.4, 0.5) is 0 Å². The molecule has 0 N–H and O–H groups in total. The lowest BCUT2D eigenvalue weighted by Crippen LogP contribution is -1.50. The maximum atomic E-state index is 3.62. The van der Waals surface area contributed by atoms with Gasteiger partial charge in [-0.2, -0.15) is 0 Å². The Morgan fingerprint density at radius 2 is 1.23 bits per heavy atom. The van der Waals surface area contributed by atoms with E-state index in [2.05, 4.69) is 34.3 Å². The van der Waals surface area contributed by atoms with Crippen molar-refractivity contribution in [2.45, 2.75) is 67.2 Å². The van der Waals surface area contributed by atoms with Crippen molar-refractivity contribution in [1.82, 2.24) is 0 Å². The van der Waals surface area contributed by atoms with E-state index in [1.54, 1.807) is 0 Å². The van der Waals surface area contributed by atoms with E-state index in [4.69, 9.17) is 0 Å². The molecule has 1 fully saturated rings. The first-order valence-electron chi connectivity index (χ1n) is 5.89. The van der Waals surface area contributed by atoms with Crippen molar-refractivity contribution >= 4 is 0 Å². The first kappa shape index (κ1) is 18.5. The van der Waals surface area contributed by atoms with Crippen molar-refractivity contribution in [2.75, 3.05) is 0 Å². The van der Waals surface area contributed by atoms with E-state index in [9.17, 15) is 0 Å². The second-order valence-electron chi connectivity index (χ2n) is 2.99. The van der Waals surface area contributed by atoms with Gasteiger partial charge in [-0.3, -0.25) is 0 Å². The van der Waals surface area contributed by atoms with Gasteiger partial charge in [0, 0.05) is 0 Å². The van der Waals surface area contributed by atoms with Crippen molar-refractivity contribution in [3.05, 3.63) is 12.7 Å². The molecule has 82 valence electrons. The summed E-state index contributed by atoms with van der Waals surface area (Å²) in [6, 6.07) is 0. The van der Waals surface area contributed by atoms with Gasteiger partial charge >= 0.3 is 0 Å². The third-order valence-corrected chi connectivity index (χ3v) is 0.955. The van der Waals surface area contributed by atoms with E-state index in [-0.39, 0.29) is 0 Å². The summed E-state index contributed by atoms with van der Waals surface area (Å²) in [4.78, 5) is 0. The van der Waals surface area contributed by atoms with Gasteiger partial charge in [0.2, 0.25) is 0 Å². The largest absolute Gasteiger partial charge is 0.103 e. The fraction of sp³-hybridized carbons (Fsp3) is 0.846. The highest BCUT2D eigenvalue weighted by Crippen LogP contribution is 2.28. The maximum absolute atomic E-state index is 3.62. The smallest absolute Gasteiger partial charge is 0.0236 e. The van der Waals surface area contributed by atoms with Crippen LogP contribution in [0.25, 0.3) is 0 Å². The fourth-order valence-electron chi connectivity index (χ4n) is 0.332. The highest BCUT2D eigenvalue weighted by atomic mass is 14.2. The molecule has 0 bridgehead atoms. The van der Waals surface area contributed by atoms with E-state index >= 15 is 0 Å². The van der Waals surface area contributed by atoms with E-state index in [1.165, 1.54) is 25.7 Å². The van der Waals surface area contributed by atoms with Crippen molar-refractivity contribution in [3.63, 3.8) is 0 Å². The van der Waals surface area contributed by atoms with Gasteiger partial charge in [0.15, 0.2) is 0 Å². The SMILES string of the molecule is C=CC1CC1.CC.CCC.CCC. The second-order valence-corrected chi connectivity index (χ2v) is 2.99. The molecule has 0 heteroatoms. The van der Waals surface area contributed by atoms with E-state index < -0.39 is 0 Å². The van der Waals surface area contributed by atoms with Crippen molar-refractivity contribution in [1.29, 1.82) is 0 Å². The van der Waals surface area contributed by atoms with Gasteiger partial charge in [0.1, 0.15) is 0 Å². The van der Waals surface area contributed by atoms with Crippen LogP contribution in [0.5, 0.6) is 0 Å². The predicted octanol–water partition coefficient (Wildman–Crippen LogP) is 5.44. The average Bonchev–Trinajstić information content (AvgIpc) is 2.93. The van der Waals surface area contributed by atoms with E-state index in [1.807, 2.05) is 19.9 Å². The maximum Gasteiger partial charge on any atom is -0.0236 e. The summed E-state index contributed by atoms with van der Waals surface area (Å²) >= 11 is 0. The van der Waals surface area contributed by atoms with Gasteiger partial charge in [-0.15, -0.1) is 6.58 Å². The van der Waals surface area contributed by atoms with Crippen LogP contribution in [0.1, 0.15) is 67.2 Å². The summed E-state index contributed by atoms with van der Waals surface area (Å²) in [5.74, 6) is 0.898. The topological polar surface area (TPSA) is 0 Å². The molecule has 0 amide bonds. The minimum absolute atomic E-state index is 0.898. The second kappa shape index (κ2) is 22.6. The van der Waals surface area contributed by atoms with Crippen molar-refractivity contribution in [3.8, 4) is 0 Å². The van der Waals surface area contributed by atoms with Gasteiger partial charge in [-0.05, 0) is 18.8 Å². The van der Waals surface area contributed by atoms with E-state index in [0.29, 0.717) is 0 Å². The molecule has 0 heterocycles. The number of hydrogen-bond acceptors (Lipinski definition) is 0. The van der Waals surface area contributed by atoms with Gasteiger partial charge in [-0.1, -0.05) is 60.5 Å². The molecule has 0 radical (unpaired) electrons. The molecule has 13 heavy (non-hydrogen) atoms. The summed E-state index contributed by atoms with van der Waals surface area (Å²) in [6.45, 7) is 16.1. The van der Waals surface area contributed by atoms with Gasteiger partial charge < -0.3 is 0 Å². The number of hydrogen-bond donors (Lipinski definition) is 0. The fourth-order valence-corrected chi connectivity index (χ4v) is 0.332. The summed E-state index contributed by atoms with van der Waals surface area (Å²) in [6.07, 6.45) is 7.31. The molecule has 0 atom stereocenters. The highest BCUT2D eigenvalue weighted by molar-refractivity contribution is 4.88. The van der Waals surface area contributed by atoms with Gasteiger partial charge in [-0.25, -0.2) is 0 Å². The normalized spacial score (nSPS) is 11.8. The molecule has 1 saturated carbocycles. The minimum Gasteiger partial charge on any atom is -0.103 e. The molecular formula is C13H30. The Hall–Kier alpha value is -0.260. The van der Waals surface area contributed by atoms with Crippen LogP contribution >= 0.6 is 0 Å². The molecule has 1 aliphatic carbocycles. The first-order chi connectivity index (χ1) is 6.26. The summed E-state index contributed by atoms with van der Waals surface area (Å²) in [7, 11) is 0. The Kier molecular flexibility index (Phi) is 32.2. The zero-order chi connectivity index (χ0) is 11.1. The summed E-state index contributed by atoms with van der Waals surface area (Å²) < 4.78 is 0. The zero-order valence-electron chi connectivity index (χ0n) is 10.7. The standard InChI is InChI=1S/C5H8.2C3H8.C2H6/c1-2-5-3-4-5;2*1-3-2;1-2/h2,5H,1,3-4H2;2*3H2,1-2H3;1-2H3. The van der Waals surface area contributed by atoms with Crippen LogP contribution in [-0.4, -0.2) is 0 Å². The van der Waals surface area contributed by atoms with Gasteiger partial charge in [0.25, 0.3) is 0 Å². The Balaban J connectivity index is -0.000000112. The Morgan fingerprint density at radius 3 is 1.23 bits per heavy atom. The monoisotopic (exact) mass is 186 g/mol. The predicted molar refractivity (Wildman–Crippen MR) is 66.2 cm³/mol. The highest BCUT2D eigenvalue weighted by Gasteiger charge is 2.15. The molecular weight excluding hydrogens is 156 g/mol. The minimum atomic E-state index is 0.898. The van der Waals surface area contributed by atoms with Crippen LogP contribution in [0.2, 0.25) is 0 Å². The third-order valence-electron chi connectivity index (χ3n) is 0.955. The number of allylic oxidation sites excluding steroid dienone is 1. The van der Waals surface area contributed by atoms with Crippen LogP contribution < -0.4 is 0 Å². The third kappa shape index (κ3) is 49.6. The molecule has 0 saturated heterocycles.